The summed E-state index contributed by atoms with van der Waals surface area (Å²) < 4.78 is 23.9. The molecule has 0 spiro atoms. The fourth-order valence-corrected chi connectivity index (χ4v) is 1.46. The number of aliphatic imine (C=N–C) groups is 1. The Bertz CT molecular complexity index is 412. The second-order valence-electron chi connectivity index (χ2n) is 3.82. The van der Waals surface area contributed by atoms with Crippen LogP contribution in [0.15, 0.2) is 29.3 Å². The number of halogens is 2. The second-order valence-corrected chi connectivity index (χ2v) is 3.82. The lowest BCUT2D eigenvalue weighted by Crippen LogP contribution is -2.29. The van der Waals surface area contributed by atoms with Crippen LogP contribution in [-0.2, 0) is 0 Å². The van der Waals surface area contributed by atoms with E-state index in [1.54, 1.807) is 0 Å². The third-order valence-corrected chi connectivity index (χ3v) is 2.31. The Kier molecular flexibility index (Phi) is 5.97. The zero-order valence-electron chi connectivity index (χ0n) is 10.2. The van der Waals surface area contributed by atoms with Gasteiger partial charge in [0.25, 0.3) is 0 Å². The average Bonchev–Trinajstić information content (AvgIpc) is 2.34. The van der Waals surface area contributed by atoms with Crippen LogP contribution in [0, 0.1) is 11.6 Å². The van der Waals surface area contributed by atoms with Crippen LogP contribution in [0.5, 0.6) is 0 Å². The van der Waals surface area contributed by atoms with Gasteiger partial charge in [0.1, 0.15) is 0 Å². The van der Waals surface area contributed by atoms with Crippen LogP contribution in [0.1, 0.15) is 26.2 Å². The van der Waals surface area contributed by atoms with Gasteiger partial charge in [0.2, 0.25) is 0 Å². The van der Waals surface area contributed by atoms with Gasteiger partial charge in [-0.15, -0.1) is 0 Å². The van der Waals surface area contributed by atoms with E-state index in [9.17, 15) is 13.6 Å². The number of hydrogen-bond acceptors (Lipinski definition) is 1. The van der Waals surface area contributed by atoms with Gasteiger partial charge in [0.15, 0.2) is 11.6 Å². The summed E-state index contributed by atoms with van der Waals surface area (Å²) in [5.74, 6) is -1.60. The van der Waals surface area contributed by atoms with Crippen molar-refractivity contribution in [3.05, 3.63) is 35.9 Å². The number of amides is 2. The smallest absolute Gasteiger partial charge is 0.336 e. The summed E-state index contributed by atoms with van der Waals surface area (Å²) >= 11 is 0. The Labute approximate surface area is 105 Å². The highest BCUT2D eigenvalue weighted by atomic mass is 19.2. The number of nitrogens with one attached hydrogen (secondary N) is 1. The predicted molar refractivity (Wildman–Crippen MR) is 66.7 cm³/mol. The summed E-state index contributed by atoms with van der Waals surface area (Å²) in [4.78, 5) is 14.5. The highest BCUT2D eigenvalue weighted by Gasteiger charge is 2.08. The Morgan fingerprint density at radius 1 is 1.28 bits per heavy atom. The van der Waals surface area contributed by atoms with E-state index in [0.29, 0.717) is 0 Å². The van der Waals surface area contributed by atoms with Gasteiger partial charge in [0, 0.05) is 18.7 Å². The molecule has 0 aromatic heterocycles. The number of nitrogens with zero attached hydrogens (tertiary/aromatic N) is 1. The normalized spacial score (nSPS) is 14.2. The molecule has 0 unspecified atom stereocenters. The average molecular weight is 254 g/mol. The van der Waals surface area contributed by atoms with Crippen molar-refractivity contribution < 1.29 is 13.6 Å². The van der Waals surface area contributed by atoms with Crippen LogP contribution in [-0.4, -0.2) is 18.3 Å². The third kappa shape index (κ3) is 5.03. The van der Waals surface area contributed by atoms with Crippen LogP contribution in [0.25, 0.3) is 0 Å². The molecule has 1 aromatic carbocycles. The zero-order valence-corrected chi connectivity index (χ0v) is 10.2. The molecule has 0 saturated carbocycles. The third-order valence-electron chi connectivity index (χ3n) is 2.31. The molecule has 98 valence electrons. The molecule has 0 saturated heterocycles. The zero-order chi connectivity index (χ0) is 13.4. The van der Waals surface area contributed by atoms with Gasteiger partial charge in [-0.05, 0) is 18.6 Å². The van der Waals surface area contributed by atoms with Gasteiger partial charge in [0.05, 0.1) is 0 Å². The number of urea groups is 1. The Morgan fingerprint density at radius 3 is 2.33 bits per heavy atom. The van der Waals surface area contributed by atoms with Gasteiger partial charge >= 0.3 is 6.03 Å². The van der Waals surface area contributed by atoms with Crippen molar-refractivity contribution in [2.24, 2.45) is 4.99 Å². The monoisotopic (exact) mass is 254 g/mol. The SMILES string of the molecule is CCCC1=NC(=O)NCC1.Fc1ccccc1F. The molecule has 0 radical (unpaired) electrons. The van der Waals surface area contributed by atoms with Crippen molar-refractivity contribution in [3.63, 3.8) is 0 Å². The summed E-state index contributed by atoms with van der Waals surface area (Å²) in [6.45, 7) is 2.85. The summed E-state index contributed by atoms with van der Waals surface area (Å²) in [5.41, 5.74) is 1.05. The van der Waals surface area contributed by atoms with E-state index in [1.165, 1.54) is 12.1 Å². The van der Waals surface area contributed by atoms with E-state index < -0.39 is 11.6 Å². The molecule has 0 bridgehead atoms. The molecule has 0 aliphatic carbocycles. The van der Waals surface area contributed by atoms with Gasteiger partial charge in [-0.1, -0.05) is 25.5 Å². The number of hydrogen-bond donors (Lipinski definition) is 1. The lowest BCUT2D eigenvalue weighted by molar-refractivity contribution is 0.248. The van der Waals surface area contributed by atoms with Gasteiger partial charge in [-0.25, -0.2) is 18.6 Å². The molecule has 5 heteroatoms. The molecule has 18 heavy (non-hydrogen) atoms. The fraction of sp³-hybridized carbons (Fsp3) is 0.385. The molecular weight excluding hydrogens is 238 g/mol. The molecule has 1 N–H and O–H groups in total. The van der Waals surface area contributed by atoms with Crippen LogP contribution in [0.4, 0.5) is 13.6 Å². The van der Waals surface area contributed by atoms with E-state index in [4.69, 9.17) is 0 Å². The lowest BCUT2D eigenvalue weighted by atomic mass is 10.1. The van der Waals surface area contributed by atoms with Crippen molar-refractivity contribution in [1.82, 2.24) is 5.32 Å². The number of benzene rings is 1. The minimum Gasteiger partial charge on any atom is -0.336 e. The van der Waals surface area contributed by atoms with Crippen LogP contribution >= 0.6 is 0 Å². The minimum atomic E-state index is -0.799. The van der Waals surface area contributed by atoms with Crippen molar-refractivity contribution in [1.29, 1.82) is 0 Å². The standard InChI is InChI=1S/C7H12N2O.C6H4F2/c1-2-3-6-4-5-8-7(10)9-6;7-5-3-1-2-4-6(5)8/h2-5H2,1H3,(H,8,10);1-4H. The first kappa shape index (κ1) is 14.3. The summed E-state index contributed by atoms with van der Waals surface area (Å²) in [7, 11) is 0. The highest BCUT2D eigenvalue weighted by molar-refractivity contribution is 5.97. The van der Waals surface area contributed by atoms with E-state index in [1.807, 2.05) is 0 Å². The Hall–Kier alpha value is -1.78. The summed E-state index contributed by atoms with van der Waals surface area (Å²) in [6, 6.07) is 4.87. The second kappa shape index (κ2) is 7.53. The molecule has 1 heterocycles. The van der Waals surface area contributed by atoms with Crippen molar-refractivity contribution in [2.75, 3.05) is 6.54 Å². The first-order valence-corrected chi connectivity index (χ1v) is 5.87. The van der Waals surface area contributed by atoms with Crippen molar-refractivity contribution >= 4 is 11.7 Å². The Morgan fingerprint density at radius 2 is 1.89 bits per heavy atom. The first-order valence-electron chi connectivity index (χ1n) is 5.87. The van der Waals surface area contributed by atoms with Gasteiger partial charge in [-0.2, -0.15) is 0 Å². The van der Waals surface area contributed by atoms with E-state index in [0.717, 1.165) is 43.7 Å². The van der Waals surface area contributed by atoms with Gasteiger partial charge < -0.3 is 5.32 Å². The molecular formula is C13H16F2N2O. The topological polar surface area (TPSA) is 41.5 Å². The predicted octanol–water partition coefficient (Wildman–Crippen LogP) is 3.31. The molecule has 0 atom stereocenters. The molecule has 0 fully saturated rings. The largest absolute Gasteiger partial charge is 0.340 e. The maximum atomic E-state index is 11.9. The maximum Gasteiger partial charge on any atom is 0.340 e. The molecule has 1 aliphatic rings. The molecule has 3 nitrogen and oxygen atoms in total. The van der Waals surface area contributed by atoms with E-state index >= 15 is 0 Å². The van der Waals surface area contributed by atoms with E-state index in [2.05, 4.69) is 17.2 Å². The molecule has 1 aliphatic heterocycles. The number of carbonyl (C=O) groups excluding carboxylic acids is 1. The highest BCUT2D eigenvalue weighted by Crippen LogP contribution is 2.01. The van der Waals surface area contributed by atoms with Crippen molar-refractivity contribution in [2.45, 2.75) is 26.2 Å². The summed E-state index contributed by atoms with van der Waals surface area (Å²) in [5, 5.41) is 2.64. The number of carbonyl (C=O) groups is 1. The maximum absolute atomic E-state index is 11.9. The van der Waals surface area contributed by atoms with Crippen molar-refractivity contribution in [3.8, 4) is 0 Å². The number of rotatable bonds is 2. The quantitative estimate of drug-likeness (QED) is 0.864. The van der Waals surface area contributed by atoms with Crippen LogP contribution < -0.4 is 5.32 Å². The van der Waals surface area contributed by atoms with Crippen LogP contribution in [0.3, 0.4) is 0 Å². The first-order chi connectivity index (χ1) is 8.63. The molecule has 1 aromatic rings. The lowest BCUT2D eigenvalue weighted by Gasteiger charge is -2.10. The van der Waals surface area contributed by atoms with Crippen LogP contribution in [0.2, 0.25) is 0 Å². The van der Waals surface area contributed by atoms with E-state index in [-0.39, 0.29) is 6.03 Å². The molecule has 2 amide bonds. The minimum absolute atomic E-state index is 0.172. The Balaban J connectivity index is 0.000000184. The summed E-state index contributed by atoms with van der Waals surface area (Å²) in [6.07, 6.45) is 2.97. The fourth-order valence-electron chi connectivity index (χ4n) is 1.46. The van der Waals surface area contributed by atoms with Gasteiger partial charge in [-0.3, -0.25) is 0 Å². The molecule has 2 rings (SSSR count).